The van der Waals surface area contributed by atoms with E-state index in [1.54, 1.807) is 12.1 Å². The zero-order chi connectivity index (χ0) is 13.2. The third-order valence-electron chi connectivity index (χ3n) is 4.58. The average Bonchev–Trinajstić information content (AvgIpc) is 2.46. The molecule has 1 N–H and O–H groups in total. The molecule has 102 valence electrons. The maximum atomic E-state index is 12.4. The number of carbonyl (C=O) groups excluding carboxylic acids is 1. The van der Waals surface area contributed by atoms with Crippen LogP contribution < -0.4 is 5.56 Å². The maximum Gasteiger partial charge on any atom is 0.270 e. The molecule has 4 nitrogen and oxygen atoms in total. The van der Waals surface area contributed by atoms with Gasteiger partial charge in [0.1, 0.15) is 5.69 Å². The van der Waals surface area contributed by atoms with Crippen molar-refractivity contribution in [1.82, 2.24) is 9.88 Å². The molecule has 0 radical (unpaired) electrons. The first-order valence-electron chi connectivity index (χ1n) is 7.22. The normalized spacial score (nSPS) is 26.8. The van der Waals surface area contributed by atoms with Gasteiger partial charge in [-0.05, 0) is 30.7 Å². The highest BCUT2D eigenvalue weighted by molar-refractivity contribution is 5.92. The van der Waals surface area contributed by atoms with Crippen LogP contribution >= 0.6 is 0 Å². The van der Waals surface area contributed by atoms with Crippen molar-refractivity contribution < 1.29 is 4.79 Å². The van der Waals surface area contributed by atoms with Crippen LogP contribution in [0.4, 0.5) is 0 Å². The molecule has 3 rings (SSSR count). The molecule has 1 amide bonds. The van der Waals surface area contributed by atoms with Gasteiger partial charge in [-0.3, -0.25) is 9.59 Å². The minimum absolute atomic E-state index is 0.0262. The predicted octanol–water partition coefficient (Wildman–Crippen LogP) is 2.03. The van der Waals surface area contributed by atoms with Gasteiger partial charge < -0.3 is 9.88 Å². The zero-order valence-electron chi connectivity index (χ0n) is 11.1. The van der Waals surface area contributed by atoms with Crippen LogP contribution in [-0.2, 0) is 0 Å². The Kier molecular flexibility index (Phi) is 3.40. The van der Waals surface area contributed by atoms with Crippen molar-refractivity contribution in [3.8, 4) is 0 Å². The number of aromatic amines is 1. The molecule has 1 aromatic heterocycles. The van der Waals surface area contributed by atoms with Gasteiger partial charge in [0, 0.05) is 19.2 Å². The van der Waals surface area contributed by atoms with E-state index in [1.807, 2.05) is 4.90 Å². The Bertz CT molecular complexity index is 523. The van der Waals surface area contributed by atoms with E-state index in [0.29, 0.717) is 11.6 Å². The Balaban J connectivity index is 1.72. The van der Waals surface area contributed by atoms with Gasteiger partial charge in [0.2, 0.25) is 5.56 Å². The predicted molar refractivity (Wildman–Crippen MR) is 73.0 cm³/mol. The van der Waals surface area contributed by atoms with Gasteiger partial charge in [-0.1, -0.05) is 25.3 Å². The Hall–Kier alpha value is -1.58. The number of hydrogen-bond acceptors (Lipinski definition) is 2. The van der Waals surface area contributed by atoms with Crippen molar-refractivity contribution in [2.75, 3.05) is 13.1 Å². The number of carbonyl (C=O) groups is 1. The summed E-state index contributed by atoms with van der Waals surface area (Å²) in [6.45, 7) is 1.69. The number of H-pyrrole nitrogens is 1. The number of aromatic nitrogens is 1. The van der Waals surface area contributed by atoms with Crippen LogP contribution in [0.3, 0.4) is 0 Å². The Morgan fingerprint density at radius 1 is 1.16 bits per heavy atom. The van der Waals surface area contributed by atoms with Gasteiger partial charge in [0.15, 0.2) is 0 Å². The summed E-state index contributed by atoms with van der Waals surface area (Å²) in [6, 6.07) is 4.76. The number of likely N-dealkylation sites (tertiary alicyclic amines) is 1. The van der Waals surface area contributed by atoms with E-state index in [9.17, 15) is 9.59 Å². The monoisotopic (exact) mass is 260 g/mol. The number of piperidine rings is 1. The highest BCUT2D eigenvalue weighted by atomic mass is 16.2. The lowest BCUT2D eigenvalue weighted by Gasteiger charge is -2.41. The van der Waals surface area contributed by atoms with Gasteiger partial charge in [-0.2, -0.15) is 0 Å². The van der Waals surface area contributed by atoms with E-state index in [1.165, 1.54) is 31.7 Å². The standard InChI is InChI=1S/C15H20N2O2/c18-14-7-3-6-13(16-14)15(19)17-9-8-11-4-1-2-5-12(11)10-17/h3,6-7,11-12H,1-2,4-5,8-10H2,(H,16,18). The van der Waals surface area contributed by atoms with Crippen molar-refractivity contribution in [3.05, 3.63) is 34.2 Å². The summed E-state index contributed by atoms with van der Waals surface area (Å²) in [7, 11) is 0. The van der Waals surface area contributed by atoms with Crippen LogP contribution in [0.25, 0.3) is 0 Å². The molecule has 1 saturated heterocycles. The second-order valence-electron chi connectivity index (χ2n) is 5.77. The number of nitrogens with zero attached hydrogens (tertiary/aromatic N) is 1. The molecule has 2 heterocycles. The first kappa shape index (κ1) is 12.5. The lowest BCUT2D eigenvalue weighted by Crippen LogP contribution is -2.45. The van der Waals surface area contributed by atoms with E-state index in [0.717, 1.165) is 25.4 Å². The van der Waals surface area contributed by atoms with Crippen LogP contribution in [0.2, 0.25) is 0 Å². The third-order valence-corrected chi connectivity index (χ3v) is 4.58. The average molecular weight is 260 g/mol. The van der Waals surface area contributed by atoms with Gasteiger partial charge in [0.25, 0.3) is 5.91 Å². The molecular formula is C15H20N2O2. The first-order chi connectivity index (χ1) is 9.24. The number of fused-ring (bicyclic) bond motifs is 1. The maximum absolute atomic E-state index is 12.4. The minimum Gasteiger partial charge on any atom is -0.337 e. The molecule has 2 fully saturated rings. The molecule has 2 aliphatic rings. The molecule has 1 aromatic rings. The van der Waals surface area contributed by atoms with Crippen molar-refractivity contribution in [2.24, 2.45) is 11.8 Å². The number of rotatable bonds is 1. The number of hydrogen-bond donors (Lipinski definition) is 1. The molecule has 2 unspecified atom stereocenters. The van der Waals surface area contributed by atoms with Crippen molar-refractivity contribution in [1.29, 1.82) is 0 Å². The summed E-state index contributed by atoms with van der Waals surface area (Å²) < 4.78 is 0. The van der Waals surface area contributed by atoms with Crippen molar-refractivity contribution in [3.63, 3.8) is 0 Å². The SMILES string of the molecule is O=C(c1cccc(=O)[nH]1)N1CCC2CCCCC2C1. The van der Waals surface area contributed by atoms with E-state index in [2.05, 4.69) is 4.98 Å². The second-order valence-corrected chi connectivity index (χ2v) is 5.77. The summed E-state index contributed by atoms with van der Waals surface area (Å²) in [5.74, 6) is 1.45. The van der Waals surface area contributed by atoms with E-state index < -0.39 is 0 Å². The van der Waals surface area contributed by atoms with E-state index in [-0.39, 0.29) is 11.5 Å². The Morgan fingerprint density at radius 2 is 1.95 bits per heavy atom. The molecule has 19 heavy (non-hydrogen) atoms. The summed E-state index contributed by atoms with van der Waals surface area (Å²) in [6.07, 6.45) is 6.34. The molecule has 0 spiro atoms. The van der Waals surface area contributed by atoms with Gasteiger partial charge in [-0.15, -0.1) is 0 Å². The third kappa shape index (κ3) is 2.57. The van der Waals surface area contributed by atoms with Crippen LogP contribution in [-0.4, -0.2) is 28.9 Å². The van der Waals surface area contributed by atoms with Crippen molar-refractivity contribution >= 4 is 5.91 Å². The molecule has 4 heteroatoms. The van der Waals surface area contributed by atoms with Crippen LogP contribution in [0.1, 0.15) is 42.6 Å². The van der Waals surface area contributed by atoms with E-state index in [4.69, 9.17) is 0 Å². The molecule has 0 bridgehead atoms. The molecular weight excluding hydrogens is 240 g/mol. The Morgan fingerprint density at radius 3 is 2.74 bits per heavy atom. The van der Waals surface area contributed by atoms with Crippen LogP contribution in [0, 0.1) is 11.8 Å². The van der Waals surface area contributed by atoms with Gasteiger partial charge in [0.05, 0.1) is 0 Å². The van der Waals surface area contributed by atoms with Crippen LogP contribution in [0.15, 0.2) is 23.0 Å². The highest BCUT2D eigenvalue weighted by Gasteiger charge is 2.33. The van der Waals surface area contributed by atoms with Gasteiger partial charge >= 0.3 is 0 Å². The lowest BCUT2D eigenvalue weighted by atomic mass is 9.75. The summed E-state index contributed by atoms with van der Waals surface area (Å²) in [5, 5.41) is 0. The second kappa shape index (κ2) is 5.19. The lowest BCUT2D eigenvalue weighted by molar-refractivity contribution is 0.0515. The fourth-order valence-corrected chi connectivity index (χ4v) is 3.53. The minimum atomic E-state index is -0.210. The number of pyridine rings is 1. The largest absolute Gasteiger partial charge is 0.337 e. The quantitative estimate of drug-likeness (QED) is 0.840. The van der Waals surface area contributed by atoms with Gasteiger partial charge in [-0.25, -0.2) is 0 Å². The number of amides is 1. The number of nitrogens with one attached hydrogen (secondary N) is 1. The molecule has 1 aliphatic heterocycles. The molecule has 1 aliphatic carbocycles. The van der Waals surface area contributed by atoms with E-state index >= 15 is 0 Å². The Labute approximate surface area is 112 Å². The zero-order valence-corrected chi connectivity index (χ0v) is 11.1. The van der Waals surface area contributed by atoms with Crippen LogP contribution in [0.5, 0.6) is 0 Å². The fourth-order valence-electron chi connectivity index (χ4n) is 3.53. The fraction of sp³-hybridized carbons (Fsp3) is 0.600. The first-order valence-corrected chi connectivity index (χ1v) is 7.22. The summed E-state index contributed by atoms with van der Waals surface area (Å²) >= 11 is 0. The molecule has 0 aromatic carbocycles. The van der Waals surface area contributed by atoms with Crippen molar-refractivity contribution in [2.45, 2.75) is 32.1 Å². The molecule has 2 atom stereocenters. The smallest absolute Gasteiger partial charge is 0.270 e. The summed E-state index contributed by atoms with van der Waals surface area (Å²) in [5.41, 5.74) is 0.208. The topological polar surface area (TPSA) is 53.2 Å². The highest BCUT2D eigenvalue weighted by Crippen LogP contribution is 2.36. The molecule has 1 saturated carbocycles. The summed E-state index contributed by atoms with van der Waals surface area (Å²) in [4.78, 5) is 28.2.